The van der Waals surface area contributed by atoms with Crippen LogP contribution in [0.5, 0.6) is 0 Å². The fourth-order valence-electron chi connectivity index (χ4n) is 2.91. The summed E-state index contributed by atoms with van der Waals surface area (Å²) in [4.78, 5) is 39.5. The van der Waals surface area contributed by atoms with Gasteiger partial charge in [-0.3, -0.25) is 9.59 Å². The van der Waals surface area contributed by atoms with E-state index < -0.39 is 5.97 Å². The van der Waals surface area contributed by atoms with Crippen molar-refractivity contribution in [3.05, 3.63) is 69.2 Å². The second kappa shape index (κ2) is 7.98. The lowest BCUT2D eigenvalue weighted by molar-refractivity contribution is 0.0535. The molecule has 2 aromatic carbocycles. The topological polar surface area (TPSA) is 77.9 Å². The third kappa shape index (κ3) is 4.23. The van der Waals surface area contributed by atoms with Gasteiger partial charge >= 0.3 is 5.97 Å². The number of carboxylic acids is 1. The molecule has 27 heavy (non-hydrogen) atoms. The Bertz CT molecular complexity index is 908. The molecule has 0 aromatic heterocycles. The van der Waals surface area contributed by atoms with E-state index in [0.29, 0.717) is 42.3 Å². The normalized spacial score (nSPS) is 14.1. The zero-order valence-electron chi connectivity index (χ0n) is 14.2. The zero-order valence-corrected chi connectivity index (χ0v) is 15.7. The highest BCUT2D eigenvalue weighted by Crippen LogP contribution is 2.23. The van der Waals surface area contributed by atoms with Gasteiger partial charge in [0.2, 0.25) is 0 Å². The molecule has 0 spiro atoms. The molecule has 8 heteroatoms. The Morgan fingerprint density at radius 1 is 0.815 bits per heavy atom. The molecular formula is C19H16Cl2N2O4. The third-order valence-electron chi connectivity index (χ3n) is 4.37. The molecule has 2 aromatic rings. The summed E-state index contributed by atoms with van der Waals surface area (Å²) in [7, 11) is 0. The van der Waals surface area contributed by atoms with Crippen LogP contribution in [0.2, 0.25) is 10.0 Å². The highest BCUT2D eigenvalue weighted by Gasteiger charge is 2.26. The van der Waals surface area contributed by atoms with Crippen molar-refractivity contribution in [3.8, 4) is 0 Å². The van der Waals surface area contributed by atoms with E-state index >= 15 is 0 Å². The van der Waals surface area contributed by atoms with Gasteiger partial charge in [-0.2, -0.15) is 0 Å². The van der Waals surface area contributed by atoms with E-state index in [1.54, 1.807) is 34.1 Å². The molecule has 1 fully saturated rings. The third-order valence-corrected chi connectivity index (χ3v) is 4.92. The van der Waals surface area contributed by atoms with Crippen molar-refractivity contribution in [2.45, 2.75) is 0 Å². The quantitative estimate of drug-likeness (QED) is 0.847. The van der Waals surface area contributed by atoms with Crippen LogP contribution in [0.25, 0.3) is 0 Å². The van der Waals surface area contributed by atoms with Crippen molar-refractivity contribution >= 4 is 41.0 Å². The number of piperazine rings is 1. The second-order valence-electron chi connectivity index (χ2n) is 6.09. The number of benzene rings is 2. The molecule has 1 N–H and O–H groups in total. The van der Waals surface area contributed by atoms with E-state index in [1.165, 1.54) is 18.2 Å². The van der Waals surface area contributed by atoms with Gasteiger partial charge in [0.05, 0.1) is 16.1 Å². The first-order valence-corrected chi connectivity index (χ1v) is 8.99. The SMILES string of the molecule is O=C(O)c1cccc(C(=O)N2CCN(C(=O)c3ccc(Cl)cc3Cl)CC2)c1. The predicted molar refractivity (Wildman–Crippen MR) is 102 cm³/mol. The molecule has 6 nitrogen and oxygen atoms in total. The second-order valence-corrected chi connectivity index (χ2v) is 6.94. The highest BCUT2D eigenvalue weighted by molar-refractivity contribution is 6.36. The van der Waals surface area contributed by atoms with E-state index in [0.717, 1.165) is 0 Å². The summed E-state index contributed by atoms with van der Waals surface area (Å²) in [6.45, 7) is 1.43. The van der Waals surface area contributed by atoms with Gasteiger partial charge in [0.1, 0.15) is 0 Å². The molecule has 3 rings (SSSR count). The standard InChI is InChI=1S/C19H16Cl2N2O4/c20-14-4-5-15(16(21)11-14)18(25)23-8-6-22(7-9-23)17(24)12-2-1-3-13(10-12)19(26)27/h1-5,10-11H,6-9H2,(H,26,27). The van der Waals surface area contributed by atoms with Gasteiger partial charge in [0, 0.05) is 36.8 Å². The van der Waals surface area contributed by atoms with E-state index in [2.05, 4.69) is 0 Å². The number of halogens is 2. The lowest BCUT2D eigenvalue weighted by Gasteiger charge is -2.35. The van der Waals surface area contributed by atoms with Gasteiger partial charge in [0.15, 0.2) is 0 Å². The molecule has 2 amide bonds. The zero-order chi connectivity index (χ0) is 19.6. The van der Waals surface area contributed by atoms with E-state index in [1.807, 2.05) is 0 Å². The summed E-state index contributed by atoms with van der Waals surface area (Å²) < 4.78 is 0. The Labute approximate surface area is 165 Å². The average molecular weight is 407 g/mol. The van der Waals surface area contributed by atoms with Gasteiger partial charge in [-0.1, -0.05) is 29.3 Å². The summed E-state index contributed by atoms with van der Waals surface area (Å²) in [5, 5.41) is 9.80. The highest BCUT2D eigenvalue weighted by atomic mass is 35.5. The van der Waals surface area contributed by atoms with Gasteiger partial charge in [0.25, 0.3) is 11.8 Å². The predicted octanol–water partition coefficient (Wildman–Crippen LogP) is 3.29. The van der Waals surface area contributed by atoms with Crippen molar-refractivity contribution in [2.75, 3.05) is 26.2 Å². The van der Waals surface area contributed by atoms with Crippen LogP contribution in [0.15, 0.2) is 42.5 Å². The van der Waals surface area contributed by atoms with Crippen LogP contribution in [0.3, 0.4) is 0 Å². The number of aromatic carboxylic acids is 1. The number of carbonyl (C=O) groups excluding carboxylic acids is 2. The molecular weight excluding hydrogens is 391 g/mol. The maximum absolute atomic E-state index is 12.6. The van der Waals surface area contributed by atoms with Crippen LogP contribution < -0.4 is 0 Å². The number of carboxylic acid groups (broad SMARTS) is 1. The van der Waals surface area contributed by atoms with Crippen molar-refractivity contribution in [2.24, 2.45) is 0 Å². The number of nitrogens with zero attached hydrogens (tertiary/aromatic N) is 2. The number of hydrogen-bond acceptors (Lipinski definition) is 3. The molecule has 0 atom stereocenters. The monoisotopic (exact) mass is 406 g/mol. The van der Waals surface area contributed by atoms with Crippen LogP contribution in [-0.4, -0.2) is 58.9 Å². The Balaban J connectivity index is 1.66. The summed E-state index contributed by atoms with van der Waals surface area (Å²) in [6, 6.07) is 10.6. The van der Waals surface area contributed by atoms with Gasteiger partial charge in [-0.15, -0.1) is 0 Å². The van der Waals surface area contributed by atoms with Crippen LogP contribution in [0, 0.1) is 0 Å². The van der Waals surface area contributed by atoms with Gasteiger partial charge < -0.3 is 14.9 Å². The first kappa shape index (κ1) is 19.2. The van der Waals surface area contributed by atoms with Crippen LogP contribution in [0.1, 0.15) is 31.1 Å². The minimum atomic E-state index is -1.08. The van der Waals surface area contributed by atoms with Crippen LogP contribution >= 0.6 is 23.2 Å². The molecule has 0 aliphatic carbocycles. The molecule has 0 radical (unpaired) electrons. The fraction of sp³-hybridized carbons (Fsp3) is 0.211. The first-order valence-electron chi connectivity index (χ1n) is 8.24. The van der Waals surface area contributed by atoms with Crippen molar-refractivity contribution in [3.63, 3.8) is 0 Å². The lowest BCUT2D eigenvalue weighted by Crippen LogP contribution is -2.50. The largest absolute Gasteiger partial charge is 0.478 e. The minimum Gasteiger partial charge on any atom is -0.478 e. The summed E-state index contributed by atoms with van der Waals surface area (Å²) >= 11 is 12.0. The number of amides is 2. The van der Waals surface area contributed by atoms with Crippen molar-refractivity contribution in [1.82, 2.24) is 9.80 Å². The summed E-state index contributed by atoms with van der Waals surface area (Å²) in [6.07, 6.45) is 0. The Morgan fingerprint density at radius 2 is 1.41 bits per heavy atom. The lowest BCUT2D eigenvalue weighted by atomic mass is 10.1. The molecule has 1 aliphatic heterocycles. The molecule has 1 saturated heterocycles. The first-order chi connectivity index (χ1) is 12.9. The van der Waals surface area contributed by atoms with Crippen LogP contribution in [0.4, 0.5) is 0 Å². The summed E-state index contributed by atoms with van der Waals surface area (Å²) in [5.41, 5.74) is 0.748. The average Bonchev–Trinajstić information content (AvgIpc) is 2.67. The Morgan fingerprint density at radius 3 is 2.00 bits per heavy atom. The summed E-state index contributed by atoms with van der Waals surface area (Å²) in [5.74, 6) is -1.55. The molecule has 140 valence electrons. The minimum absolute atomic E-state index is 0.0621. The molecule has 0 bridgehead atoms. The van der Waals surface area contributed by atoms with Crippen LogP contribution in [-0.2, 0) is 0 Å². The number of hydrogen-bond donors (Lipinski definition) is 1. The van der Waals surface area contributed by atoms with E-state index in [4.69, 9.17) is 28.3 Å². The van der Waals surface area contributed by atoms with E-state index in [9.17, 15) is 14.4 Å². The number of rotatable bonds is 3. The smallest absolute Gasteiger partial charge is 0.335 e. The van der Waals surface area contributed by atoms with Gasteiger partial charge in [-0.25, -0.2) is 4.79 Å². The fourth-order valence-corrected chi connectivity index (χ4v) is 3.40. The molecule has 1 heterocycles. The van der Waals surface area contributed by atoms with Crippen molar-refractivity contribution < 1.29 is 19.5 Å². The van der Waals surface area contributed by atoms with Crippen molar-refractivity contribution in [1.29, 1.82) is 0 Å². The van der Waals surface area contributed by atoms with Gasteiger partial charge in [-0.05, 0) is 36.4 Å². The Hall–Kier alpha value is -2.57. The number of carbonyl (C=O) groups is 3. The Kier molecular flexibility index (Phi) is 5.68. The molecule has 0 unspecified atom stereocenters. The maximum Gasteiger partial charge on any atom is 0.335 e. The molecule has 1 aliphatic rings. The van der Waals surface area contributed by atoms with E-state index in [-0.39, 0.29) is 22.4 Å². The molecule has 0 saturated carbocycles. The maximum atomic E-state index is 12.6.